The van der Waals surface area contributed by atoms with Gasteiger partial charge < -0.3 is 19.9 Å². The zero-order chi connectivity index (χ0) is 17.7. The summed E-state index contributed by atoms with van der Waals surface area (Å²) in [4.78, 5) is 25.3. The van der Waals surface area contributed by atoms with E-state index in [-0.39, 0.29) is 19.1 Å². The maximum Gasteiger partial charge on any atom is 0.412 e. The predicted octanol–water partition coefficient (Wildman–Crippen LogP) is 1.65. The van der Waals surface area contributed by atoms with E-state index in [1.165, 1.54) is 12.0 Å². The highest BCUT2D eigenvalue weighted by molar-refractivity contribution is 5.75. The smallest absolute Gasteiger partial charge is 0.412 e. The molecule has 0 aliphatic carbocycles. The summed E-state index contributed by atoms with van der Waals surface area (Å²) in [5.74, 6) is -0.499. The number of carbonyl (C=O) groups excluding carboxylic acids is 2. The third-order valence-corrected chi connectivity index (χ3v) is 3.94. The summed E-state index contributed by atoms with van der Waals surface area (Å²) in [6, 6.07) is 8.66. The van der Waals surface area contributed by atoms with E-state index in [2.05, 4.69) is 4.74 Å². The number of methoxy groups -OCH3 is 1. The van der Waals surface area contributed by atoms with Crippen LogP contribution in [0.25, 0.3) is 0 Å². The predicted molar refractivity (Wildman–Crippen MR) is 86.9 cm³/mol. The number of carbonyl (C=O) groups is 2. The van der Waals surface area contributed by atoms with Gasteiger partial charge in [0.15, 0.2) is 0 Å². The van der Waals surface area contributed by atoms with Crippen LogP contribution < -0.4 is 5.73 Å². The van der Waals surface area contributed by atoms with Crippen LogP contribution in [0.1, 0.15) is 25.8 Å². The molecule has 2 N–H and O–H groups in total. The van der Waals surface area contributed by atoms with Crippen molar-refractivity contribution >= 4 is 12.1 Å². The maximum absolute atomic E-state index is 12.4. The SMILES string of the molecule is COC(=O)[C@@H](N)C[C@@H]1CN(C(=O)OCc2ccccc2)C(C)(C)O1. The van der Waals surface area contributed by atoms with Crippen LogP contribution >= 0.6 is 0 Å². The number of hydrogen-bond donors (Lipinski definition) is 1. The first-order valence-corrected chi connectivity index (χ1v) is 7.83. The number of benzene rings is 1. The van der Waals surface area contributed by atoms with Crippen molar-refractivity contribution in [2.75, 3.05) is 13.7 Å². The van der Waals surface area contributed by atoms with E-state index in [4.69, 9.17) is 15.2 Å². The van der Waals surface area contributed by atoms with Crippen molar-refractivity contribution in [3.8, 4) is 0 Å². The molecule has 1 aliphatic heterocycles. The first-order valence-electron chi connectivity index (χ1n) is 7.83. The third-order valence-electron chi connectivity index (χ3n) is 3.94. The van der Waals surface area contributed by atoms with Gasteiger partial charge in [-0.2, -0.15) is 0 Å². The van der Waals surface area contributed by atoms with E-state index in [0.717, 1.165) is 5.56 Å². The lowest BCUT2D eigenvalue weighted by atomic mass is 10.1. The Bertz CT molecular complexity index is 576. The van der Waals surface area contributed by atoms with Gasteiger partial charge >= 0.3 is 12.1 Å². The zero-order valence-corrected chi connectivity index (χ0v) is 14.2. The average Bonchev–Trinajstić information content (AvgIpc) is 2.86. The van der Waals surface area contributed by atoms with Crippen molar-refractivity contribution in [1.82, 2.24) is 4.90 Å². The lowest BCUT2D eigenvalue weighted by Gasteiger charge is -2.28. The topological polar surface area (TPSA) is 91.1 Å². The van der Waals surface area contributed by atoms with E-state index in [9.17, 15) is 9.59 Å². The number of amides is 1. The highest BCUT2D eigenvalue weighted by Crippen LogP contribution is 2.29. The molecule has 2 rings (SSSR count). The fourth-order valence-corrected chi connectivity index (χ4v) is 2.68. The third kappa shape index (κ3) is 4.46. The van der Waals surface area contributed by atoms with Crippen molar-refractivity contribution in [3.05, 3.63) is 35.9 Å². The normalized spacial score (nSPS) is 20.5. The molecule has 0 spiro atoms. The average molecular weight is 336 g/mol. The summed E-state index contributed by atoms with van der Waals surface area (Å²) in [5, 5.41) is 0. The number of esters is 1. The molecule has 132 valence electrons. The number of nitrogens with two attached hydrogens (primary N) is 1. The summed E-state index contributed by atoms with van der Waals surface area (Å²) < 4.78 is 15.8. The van der Waals surface area contributed by atoms with Gasteiger partial charge in [0, 0.05) is 6.42 Å². The van der Waals surface area contributed by atoms with Gasteiger partial charge in [0.1, 0.15) is 18.4 Å². The molecule has 7 heteroatoms. The molecule has 1 aliphatic rings. The Kier molecular flexibility index (Phi) is 5.80. The summed E-state index contributed by atoms with van der Waals surface area (Å²) in [6.45, 7) is 4.06. The minimum absolute atomic E-state index is 0.193. The van der Waals surface area contributed by atoms with Crippen LogP contribution in [0.5, 0.6) is 0 Å². The molecule has 1 fully saturated rings. The molecule has 1 aromatic rings. The Hall–Kier alpha value is -2.12. The van der Waals surface area contributed by atoms with Crippen LogP contribution in [0.3, 0.4) is 0 Å². The van der Waals surface area contributed by atoms with Crippen molar-refractivity contribution < 1.29 is 23.8 Å². The van der Waals surface area contributed by atoms with Crippen LogP contribution in [-0.4, -0.2) is 48.5 Å². The van der Waals surface area contributed by atoms with Crippen molar-refractivity contribution in [2.45, 2.75) is 44.7 Å². The Morgan fingerprint density at radius 1 is 1.38 bits per heavy atom. The van der Waals surface area contributed by atoms with Crippen LogP contribution in [-0.2, 0) is 25.6 Å². The summed E-state index contributed by atoms with van der Waals surface area (Å²) in [6.07, 6.45) is -0.533. The van der Waals surface area contributed by atoms with E-state index >= 15 is 0 Å². The summed E-state index contributed by atoms with van der Waals surface area (Å²) >= 11 is 0. The Morgan fingerprint density at radius 3 is 2.67 bits per heavy atom. The zero-order valence-electron chi connectivity index (χ0n) is 14.2. The molecule has 0 aromatic heterocycles. The van der Waals surface area contributed by atoms with Gasteiger partial charge in [0.25, 0.3) is 0 Å². The number of nitrogens with zero attached hydrogens (tertiary/aromatic N) is 1. The van der Waals surface area contributed by atoms with E-state index in [1.807, 2.05) is 30.3 Å². The highest BCUT2D eigenvalue weighted by Gasteiger charge is 2.44. The fraction of sp³-hybridized carbons (Fsp3) is 0.529. The standard InChI is InChI=1S/C17H24N2O5/c1-17(2)19(10-13(24-17)9-14(18)15(20)22-3)16(21)23-11-12-7-5-4-6-8-12/h4-8,13-14H,9-11,18H2,1-3H3/t13-,14+/m1/s1. The van der Waals surface area contributed by atoms with Gasteiger partial charge in [-0.25, -0.2) is 4.79 Å². The van der Waals surface area contributed by atoms with Gasteiger partial charge in [-0.1, -0.05) is 30.3 Å². The van der Waals surface area contributed by atoms with E-state index in [1.54, 1.807) is 13.8 Å². The quantitative estimate of drug-likeness (QED) is 0.822. The van der Waals surface area contributed by atoms with Crippen molar-refractivity contribution in [1.29, 1.82) is 0 Å². The molecule has 1 heterocycles. The van der Waals surface area contributed by atoms with Gasteiger partial charge in [0.05, 0.1) is 19.8 Å². The minimum Gasteiger partial charge on any atom is -0.468 e. The second-order valence-electron chi connectivity index (χ2n) is 6.20. The second-order valence-corrected chi connectivity index (χ2v) is 6.20. The first-order chi connectivity index (χ1) is 11.3. The number of ether oxygens (including phenoxy) is 3. The Morgan fingerprint density at radius 2 is 2.04 bits per heavy atom. The lowest BCUT2D eigenvalue weighted by Crippen LogP contribution is -2.43. The Balaban J connectivity index is 1.92. The number of hydrogen-bond acceptors (Lipinski definition) is 6. The fourth-order valence-electron chi connectivity index (χ4n) is 2.68. The Labute approximate surface area is 141 Å². The molecule has 0 unspecified atom stereocenters. The molecule has 1 saturated heterocycles. The molecule has 0 bridgehead atoms. The highest BCUT2D eigenvalue weighted by atomic mass is 16.6. The maximum atomic E-state index is 12.4. The molecule has 0 saturated carbocycles. The van der Waals surface area contributed by atoms with Gasteiger partial charge in [-0.3, -0.25) is 9.69 Å². The van der Waals surface area contributed by atoms with E-state index < -0.39 is 23.8 Å². The monoisotopic (exact) mass is 336 g/mol. The molecule has 7 nitrogen and oxygen atoms in total. The van der Waals surface area contributed by atoms with Gasteiger partial charge in [-0.05, 0) is 19.4 Å². The second kappa shape index (κ2) is 7.63. The van der Waals surface area contributed by atoms with Crippen LogP contribution in [0, 0.1) is 0 Å². The number of rotatable bonds is 5. The molecular formula is C17H24N2O5. The lowest BCUT2D eigenvalue weighted by molar-refractivity contribution is -0.143. The minimum atomic E-state index is -0.825. The molecule has 1 aromatic carbocycles. The van der Waals surface area contributed by atoms with Crippen molar-refractivity contribution in [2.24, 2.45) is 5.73 Å². The largest absolute Gasteiger partial charge is 0.468 e. The molecule has 1 amide bonds. The molecule has 0 radical (unpaired) electrons. The summed E-state index contributed by atoms with van der Waals surface area (Å²) in [5.41, 5.74) is 5.85. The van der Waals surface area contributed by atoms with Crippen molar-refractivity contribution in [3.63, 3.8) is 0 Å². The van der Waals surface area contributed by atoms with Crippen LogP contribution in [0.2, 0.25) is 0 Å². The van der Waals surface area contributed by atoms with E-state index in [0.29, 0.717) is 6.54 Å². The first kappa shape index (κ1) is 18.2. The molecule has 2 atom stereocenters. The van der Waals surface area contributed by atoms with Gasteiger partial charge in [0.2, 0.25) is 0 Å². The van der Waals surface area contributed by atoms with Gasteiger partial charge in [-0.15, -0.1) is 0 Å². The van der Waals surface area contributed by atoms with Crippen LogP contribution in [0.4, 0.5) is 4.79 Å². The van der Waals surface area contributed by atoms with Crippen LogP contribution in [0.15, 0.2) is 30.3 Å². The molecule has 24 heavy (non-hydrogen) atoms. The molecular weight excluding hydrogens is 312 g/mol. The summed E-state index contributed by atoms with van der Waals surface area (Å²) in [7, 11) is 1.29.